The Balaban J connectivity index is 2.28. The third-order valence-corrected chi connectivity index (χ3v) is 5.93. The van der Waals surface area contributed by atoms with E-state index in [9.17, 15) is 8.42 Å². The van der Waals surface area contributed by atoms with Gasteiger partial charge in [0.05, 0.1) is 4.90 Å². The molecule has 0 spiro atoms. The number of hydrogen-bond donors (Lipinski definition) is 1. The lowest BCUT2D eigenvalue weighted by atomic mass is 10.1. The van der Waals surface area contributed by atoms with Crippen molar-refractivity contribution in [1.82, 2.24) is 4.31 Å². The number of benzene rings is 1. The summed E-state index contributed by atoms with van der Waals surface area (Å²) in [6.07, 6.45) is 1.89. The largest absolute Gasteiger partial charge is 0.384 e. The fraction of sp³-hybridized carbons (Fsp3) is 0.600. The van der Waals surface area contributed by atoms with Crippen LogP contribution in [0.3, 0.4) is 0 Å². The van der Waals surface area contributed by atoms with Gasteiger partial charge in [0.15, 0.2) is 0 Å². The molecule has 1 aliphatic rings. The lowest BCUT2D eigenvalue weighted by Crippen LogP contribution is -2.34. The lowest BCUT2D eigenvalue weighted by molar-refractivity contribution is 0.361. The Bertz CT molecular complexity index is 569. The van der Waals surface area contributed by atoms with Crippen molar-refractivity contribution in [3.63, 3.8) is 0 Å². The Hall–Kier alpha value is -1.07. The van der Waals surface area contributed by atoms with Crippen LogP contribution in [-0.2, 0) is 16.4 Å². The minimum Gasteiger partial charge on any atom is -0.384 e. The van der Waals surface area contributed by atoms with Gasteiger partial charge in [0, 0.05) is 25.3 Å². The molecule has 1 aliphatic heterocycles. The summed E-state index contributed by atoms with van der Waals surface area (Å²) in [5.41, 5.74) is 2.17. The van der Waals surface area contributed by atoms with E-state index in [1.807, 2.05) is 19.1 Å². The fourth-order valence-electron chi connectivity index (χ4n) is 2.46. The zero-order valence-electron chi connectivity index (χ0n) is 12.5. The van der Waals surface area contributed by atoms with E-state index in [0.717, 1.165) is 30.6 Å². The maximum Gasteiger partial charge on any atom is 0.243 e. The molecular formula is C15H24N2O2S. The number of hydrogen-bond acceptors (Lipinski definition) is 3. The Morgan fingerprint density at radius 3 is 2.75 bits per heavy atom. The van der Waals surface area contributed by atoms with Crippen LogP contribution in [0, 0.1) is 5.92 Å². The molecule has 0 saturated heterocycles. The quantitative estimate of drug-likeness (QED) is 0.878. The third kappa shape index (κ3) is 2.99. The number of sulfonamides is 1. The summed E-state index contributed by atoms with van der Waals surface area (Å²) in [7, 11) is -3.37. The number of nitrogens with zero attached hydrogens (tertiary/aromatic N) is 1. The summed E-state index contributed by atoms with van der Waals surface area (Å²) in [5.74, 6) is 0.376. The van der Waals surface area contributed by atoms with E-state index in [4.69, 9.17) is 0 Å². The maximum absolute atomic E-state index is 12.7. The Morgan fingerprint density at radius 2 is 2.10 bits per heavy atom. The molecule has 112 valence electrons. The molecule has 1 aromatic rings. The molecular weight excluding hydrogens is 272 g/mol. The molecule has 2 rings (SSSR count). The summed E-state index contributed by atoms with van der Waals surface area (Å²) >= 11 is 0. The summed E-state index contributed by atoms with van der Waals surface area (Å²) in [6, 6.07) is 5.42. The summed E-state index contributed by atoms with van der Waals surface area (Å²) in [6.45, 7) is 8.07. The molecule has 1 atom stereocenters. The first-order valence-electron chi connectivity index (χ1n) is 7.36. The number of nitrogens with one attached hydrogen (secondary N) is 1. The highest BCUT2D eigenvalue weighted by Crippen LogP contribution is 2.27. The highest BCUT2D eigenvalue weighted by Gasteiger charge is 2.25. The summed E-state index contributed by atoms with van der Waals surface area (Å²) in [5, 5.41) is 3.25. The van der Waals surface area contributed by atoms with Gasteiger partial charge in [0.25, 0.3) is 0 Å². The Morgan fingerprint density at radius 1 is 1.35 bits per heavy atom. The molecule has 20 heavy (non-hydrogen) atoms. The fourth-order valence-corrected chi connectivity index (χ4v) is 4.08. The predicted octanol–water partition coefficient (Wildman–Crippen LogP) is 2.71. The smallest absolute Gasteiger partial charge is 0.243 e. The molecule has 0 saturated carbocycles. The molecule has 5 heteroatoms. The Kier molecular flexibility index (Phi) is 4.70. The van der Waals surface area contributed by atoms with E-state index in [1.165, 1.54) is 0 Å². The number of fused-ring (bicyclic) bond motifs is 1. The molecule has 0 amide bonds. The standard InChI is InChI=1S/C15H24N2O2S/c1-4-12(3)11-17(5-2)20(18,19)14-6-7-15-13(10-14)8-9-16-15/h6-7,10,12,16H,4-5,8-9,11H2,1-3H3. The van der Waals surface area contributed by atoms with Crippen molar-refractivity contribution in [3.05, 3.63) is 23.8 Å². The van der Waals surface area contributed by atoms with Crippen molar-refractivity contribution in [1.29, 1.82) is 0 Å². The van der Waals surface area contributed by atoms with E-state index >= 15 is 0 Å². The first-order valence-corrected chi connectivity index (χ1v) is 8.80. The van der Waals surface area contributed by atoms with E-state index in [2.05, 4.69) is 19.2 Å². The van der Waals surface area contributed by atoms with E-state index in [0.29, 0.717) is 23.9 Å². The lowest BCUT2D eigenvalue weighted by Gasteiger charge is -2.23. The first kappa shape index (κ1) is 15.3. The van der Waals surface area contributed by atoms with Crippen molar-refractivity contribution < 1.29 is 8.42 Å². The highest BCUT2D eigenvalue weighted by atomic mass is 32.2. The van der Waals surface area contributed by atoms with E-state index in [1.54, 1.807) is 10.4 Å². The summed E-state index contributed by atoms with van der Waals surface area (Å²) < 4.78 is 27.0. The average Bonchev–Trinajstić information content (AvgIpc) is 2.91. The third-order valence-electron chi connectivity index (χ3n) is 3.99. The molecule has 1 unspecified atom stereocenters. The molecule has 1 N–H and O–H groups in total. The van der Waals surface area contributed by atoms with Crippen molar-refractivity contribution in [2.24, 2.45) is 5.92 Å². The van der Waals surface area contributed by atoms with Crippen LogP contribution in [0.1, 0.15) is 32.8 Å². The zero-order chi connectivity index (χ0) is 14.8. The number of rotatable bonds is 6. The van der Waals surface area contributed by atoms with Gasteiger partial charge >= 0.3 is 0 Å². The van der Waals surface area contributed by atoms with Gasteiger partial charge in [-0.05, 0) is 36.1 Å². The molecule has 0 radical (unpaired) electrons. The molecule has 0 aromatic heterocycles. The average molecular weight is 296 g/mol. The van der Waals surface area contributed by atoms with Gasteiger partial charge in [0.2, 0.25) is 10.0 Å². The second-order valence-electron chi connectivity index (χ2n) is 5.46. The van der Waals surface area contributed by atoms with Crippen LogP contribution >= 0.6 is 0 Å². The molecule has 4 nitrogen and oxygen atoms in total. The van der Waals surface area contributed by atoms with Crippen LogP contribution in [-0.4, -0.2) is 32.4 Å². The van der Waals surface area contributed by atoms with Crippen LogP contribution in [0.5, 0.6) is 0 Å². The molecule has 0 fully saturated rings. The van der Waals surface area contributed by atoms with Gasteiger partial charge in [-0.25, -0.2) is 8.42 Å². The number of anilines is 1. The van der Waals surface area contributed by atoms with Gasteiger partial charge in [0.1, 0.15) is 0 Å². The van der Waals surface area contributed by atoms with Crippen molar-refractivity contribution in [2.45, 2.75) is 38.5 Å². The first-order chi connectivity index (χ1) is 9.48. The minimum atomic E-state index is -3.37. The van der Waals surface area contributed by atoms with Crippen LogP contribution in [0.2, 0.25) is 0 Å². The molecule has 1 heterocycles. The van der Waals surface area contributed by atoms with Crippen LogP contribution in [0.15, 0.2) is 23.1 Å². The zero-order valence-corrected chi connectivity index (χ0v) is 13.3. The molecule has 0 bridgehead atoms. The van der Waals surface area contributed by atoms with Crippen molar-refractivity contribution >= 4 is 15.7 Å². The predicted molar refractivity (Wildman–Crippen MR) is 82.5 cm³/mol. The normalized spacial score (nSPS) is 16.0. The van der Waals surface area contributed by atoms with Gasteiger partial charge in [-0.2, -0.15) is 4.31 Å². The monoisotopic (exact) mass is 296 g/mol. The van der Waals surface area contributed by atoms with Gasteiger partial charge in [-0.3, -0.25) is 0 Å². The molecule has 1 aromatic carbocycles. The van der Waals surface area contributed by atoms with Gasteiger partial charge in [-0.15, -0.1) is 0 Å². The van der Waals surface area contributed by atoms with E-state index < -0.39 is 10.0 Å². The van der Waals surface area contributed by atoms with Crippen LogP contribution < -0.4 is 5.32 Å². The Labute approximate surface area is 122 Å². The summed E-state index contributed by atoms with van der Waals surface area (Å²) in [4.78, 5) is 0.421. The van der Waals surface area contributed by atoms with Crippen molar-refractivity contribution in [3.8, 4) is 0 Å². The van der Waals surface area contributed by atoms with Gasteiger partial charge < -0.3 is 5.32 Å². The maximum atomic E-state index is 12.7. The SMILES string of the molecule is CCC(C)CN(CC)S(=O)(=O)c1ccc2c(c1)CCN2. The topological polar surface area (TPSA) is 49.4 Å². The van der Waals surface area contributed by atoms with Crippen molar-refractivity contribution in [2.75, 3.05) is 25.0 Å². The minimum absolute atomic E-state index is 0.376. The van der Waals surface area contributed by atoms with Crippen LogP contribution in [0.25, 0.3) is 0 Å². The van der Waals surface area contributed by atoms with Gasteiger partial charge in [-0.1, -0.05) is 27.2 Å². The molecule has 0 aliphatic carbocycles. The van der Waals surface area contributed by atoms with E-state index in [-0.39, 0.29) is 0 Å². The van der Waals surface area contributed by atoms with Crippen LogP contribution in [0.4, 0.5) is 5.69 Å². The second kappa shape index (κ2) is 6.14. The second-order valence-corrected chi connectivity index (χ2v) is 7.40. The highest BCUT2D eigenvalue weighted by molar-refractivity contribution is 7.89.